The Morgan fingerprint density at radius 1 is 1.17 bits per heavy atom. The third kappa shape index (κ3) is 3.08. The van der Waals surface area contributed by atoms with Crippen LogP contribution in [0.25, 0.3) is 11.3 Å². The molecule has 1 amide bonds. The van der Waals surface area contributed by atoms with Crippen LogP contribution < -0.4 is 0 Å². The highest BCUT2D eigenvalue weighted by Crippen LogP contribution is 2.32. The molecule has 5 heteroatoms. The van der Waals surface area contributed by atoms with Crippen molar-refractivity contribution in [3.63, 3.8) is 0 Å². The number of benzene rings is 1. The minimum atomic E-state index is -0.354. The summed E-state index contributed by atoms with van der Waals surface area (Å²) in [4.78, 5) is 14.7. The third-order valence-corrected chi connectivity index (χ3v) is 4.68. The lowest BCUT2D eigenvalue weighted by molar-refractivity contribution is 0.0675. The molecule has 4 nitrogen and oxygen atoms in total. The van der Waals surface area contributed by atoms with Crippen molar-refractivity contribution in [2.24, 2.45) is 5.92 Å². The van der Waals surface area contributed by atoms with Crippen LogP contribution in [0.4, 0.5) is 4.39 Å². The fourth-order valence-electron chi connectivity index (χ4n) is 3.19. The van der Waals surface area contributed by atoms with E-state index < -0.39 is 0 Å². The number of hydrogen-bond donors (Lipinski definition) is 0. The quantitative estimate of drug-likeness (QED) is 0.839. The molecular weight excluding hydrogens is 309 g/mol. The van der Waals surface area contributed by atoms with Crippen molar-refractivity contribution >= 4 is 5.91 Å². The van der Waals surface area contributed by atoms with Gasteiger partial charge in [-0.3, -0.25) is 4.79 Å². The molecule has 0 N–H and O–H groups in total. The van der Waals surface area contributed by atoms with Crippen molar-refractivity contribution in [2.75, 3.05) is 19.8 Å². The number of nitrogens with zero attached hydrogens (tertiary/aromatic N) is 1. The Bertz CT molecular complexity index is 732. The zero-order valence-electron chi connectivity index (χ0n) is 13.4. The van der Waals surface area contributed by atoms with Gasteiger partial charge < -0.3 is 14.1 Å². The number of ether oxygens (including phenoxy) is 1. The van der Waals surface area contributed by atoms with Crippen molar-refractivity contribution in [3.8, 4) is 11.3 Å². The summed E-state index contributed by atoms with van der Waals surface area (Å²) < 4.78 is 25.0. The van der Waals surface area contributed by atoms with Crippen molar-refractivity contribution in [1.82, 2.24) is 4.90 Å². The fraction of sp³-hybridized carbons (Fsp3) is 0.421. The molecule has 2 heterocycles. The molecule has 4 rings (SSSR count). The van der Waals surface area contributed by atoms with Crippen LogP contribution in [0.15, 0.2) is 40.8 Å². The lowest BCUT2D eigenvalue weighted by Crippen LogP contribution is -2.37. The van der Waals surface area contributed by atoms with E-state index in [0.29, 0.717) is 29.8 Å². The molecule has 24 heavy (non-hydrogen) atoms. The summed E-state index contributed by atoms with van der Waals surface area (Å²) >= 11 is 0. The fourth-order valence-corrected chi connectivity index (χ4v) is 3.19. The minimum Gasteiger partial charge on any atom is -0.451 e. The zero-order valence-corrected chi connectivity index (χ0v) is 13.4. The van der Waals surface area contributed by atoms with E-state index in [2.05, 4.69) is 0 Å². The Kier molecular flexibility index (Phi) is 4.10. The number of amides is 1. The van der Waals surface area contributed by atoms with Crippen molar-refractivity contribution in [1.29, 1.82) is 0 Å². The van der Waals surface area contributed by atoms with Crippen molar-refractivity contribution in [3.05, 3.63) is 48.0 Å². The number of furan rings is 1. The maximum atomic E-state index is 13.9. The topological polar surface area (TPSA) is 42.7 Å². The van der Waals surface area contributed by atoms with Gasteiger partial charge in [-0.25, -0.2) is 4.39 Å². The first kappa shape index (κ1) is 15.4. The van der Waals surface area contributed by atoms with Gasteiger partial charge >= 0.3 is 0 Å². The number of halogens is 1. The summed E-state index contributed by atoms with van der Waals surface area (Å²) in [6.07, 6.45) is 3.08. The van der Waals surface area contributed by atoms with Crippen LogP contribution in [0, 0.1) is 11.7 Å². The summed E-state index contributed by atoms with van der Waals surface area (Å²) in [6.45, 7) is 2.20. The molecule has 1 saturated heterocycles. The zero-order chi connectivity index (χ0) is 16.5. The SMILES string of the molecule is O=C(c1ccc(-c2ccccc2F)o1)N(C[C@H]1CCOC1)C1CC1. The minimum absolute atomic E-state index is 0.105. The van der Waals surface area contributed by atoms with Gasteiger partial charge in [-0.05, 0) is 43.5 Å². The average molecular weight is 329 g/mol. The molecule has 1 aromatic heterocycles. The molecule has 0 spiro atoms. The maximum absolute atomic E-state index is 13.9. The second-order valence-corrected chi connectivity index (χ2v) is 6.56. The first-order chi connectivity index (χ1) is 11.7. The Labute approximate surface area is 140 Å². The molecule has 1 atom stereocenters. The highest BCUT2D eigenvalue weighted by Gasteiger charge is 2.36. The molecular formula is C19H20FNO3. The number of hydrogen-bond acceptors (Lipinski definition) is 3. The molecule has 0 bridgehead atoms. The maximum Gasteiger partial charge on any atom is 0.289 e. The van der Waals surface area contributed by atoms with Crippen molar-refractivity contribution < 1.29 is 18.3 Å². The molecule has 1 aliphatic carbocycles. The lowest BCUT2D eigenvalue weighted by Gasteiger charge is -2.24. The summed E-state index contributed by atoms with van der Waals surface area (Å²) in [5.74, 6) is 0.603. The van der Waals surface area contributed by atoms with Gasteiger partial charge in [0.1, 0.15) is 11.6 Å². The lowest BCUT2D eigenvalue weighted by atomic mass is 10.1. The van der Waals surface area contributed by atoms with Gasteiger partial charge in [0, 0.05) is 25.1 Å². The molecule has 2 aliphatic rings. The van der Waals surface area contributed by atoms with Crippen molar-refractivity contribution in [2.45, 2.75) is 25.3 Å². The van der Waals surface area contributed by atoms with E-state index in [1.54, 1.807) is 30.3 Å². The summed E-state index contributed by atoms with van der Waals surface area (Å²) in [5, 5.41) is 0. The highest BCUT2D eigenvalue weighted by molar-refractivity contribution is 5.92. The predicted octanol–water partition coefficient (Wildman–Crippen LogP) is 3.73. The molecule has 1 aliphatic heterocycles. The van der Waals surface area contributed by atoms with Gasteiger partial charge in [0.15, 0.2) is 5.76 Å². The van der Waals surface area contributed by atoms with Gasteiger partial charge in [0.05, 0.1) is 12.2 Å². The monoisotopic (exact) mass is 329 g/mol. The van der Waals surface area contributed by atoms with Crippen LogP contribution in [0.3, 0.4) is 0 Å². The van der Waals surface area contributed by atoms with E-state index in [1.807, 2.05) is 4.90 Å². The second kappa shape index (κ2) is 6.40. The summed E-state index contributed by atoms with van der Waals surface area (Å²) in [7, 11) is 0. The predicted molar refractivity (Wildman–Crippen MR) is 87.1 cm³/mol. The molecule has 0 radical (unpaired) electrons. The van der Waals surface area contributed by atoms with Crippen LogP contribution in [0.1, 0.15) is 29.8 Å². The van der Waals surface area contributed by atoms with E-state index in [1.165, 1.54) is 6.07 Å². The van der Waals surface area contributed by atoms with Crippen LogP contribution in [0.5, 0.6) is 0 Å². The van der Waals surface area contributed by atoms with Gasteiger partial charge in [-0.15, -0.1) is 0 Å². The highest BCUT2D eigenvalue weighted by atomic mass is 19.1. The summed E-state index contributed by atoms with van der Waals surface area (Å²) in [5.41, 5.74) is 0.374. The van der Waals surface area contributed by atoms with E-state index in [-0.39, 0.29) is 17.5 Å². The molecule has 0 unspecified atom stereocenters. The average Bonchev–Trinajstić information content (AvgIpc) is 3.10. The molecule has 2 fully saturated rings. The number of carbonyl (C=O) groups excluding carboxylic acids is 1. The van der Waals surface area contributed by atoms with E-state index in [9.17, 15) is 9.18 Å². The molecule has 126 valence electrons. The molecule has 2 aromatic rings. The Balaban J connectivity index is 1.54. The van der Waals surface area contributed by atoms with Gasteiger partial charge in [-0.2, -0.15) is 0 Å². The van der Waals surface area contributed by atoms with E-state index >= 15 is 0 Å². The van der Waals surface area contributed by atoms with Gasteiger partial charge in [0.2, 0.25) is 0 Å². The summed E-state index contributed by atoms with van der Waals surface area (Å²) in [6, 6.07) is 10.0. The molecule has 1 aromatic carbocycles. The number of rotatable bonds is 5. The van der Waals surface area contributed by atoms with Gasteiger partial charge in [0.25, 0.3) is 5.91 Å². The van der Waals surface area contributed by atoms with E-state index in [4.69, 9.17) is 9.15 Å². The standard InChI is InChI=1S/C19H20FNO3/c20-16-4-2-1-3-15(16)17-7-8-18(24-17)19(22)21(14-5-6-14)11-13-9-10-23-12-13/h1-4,7-8,13-14H,5-6,9-12H2/t13-/m1/s1. The largest absolute Gasteiger partial charge is 0.451 e. The Morgan fingerprint density at radius 2 is 2.00 bits per heavy atom. The first-order valence-corrected chi connectivity index (χ1v) is 8.46. The smallest absolute Gasteiger partial charge is 0.289 e. The van der Waals surface area contributed by atoms with Crippen LogP contribution in [-0.4, -0.2) is 36.6 Å². The Morgan fingerprint density at radius 3 is 2.71 bits per heavy atom. The number of carbonyl (C=O) groups is 1. The van der Waals surface area contributed by atoms with E-state index in [0.717, 1.165) is 32.5 Å². The first-order valence-electron chi connectivity index (χ1n) is 8.46. The van der Waals surface area contributed by atoms with Crippen LogP contribution in [-0.2, 0) is 4.74 Å². The van der Waals surface area contributed by atoms with Crippen LogP contribution >= 0.6 is 0 Å². The Hall–Kier alpha value is -2.14. The van der Waals surface area contributed by atoms with Gasteiger partial charge in [-0.1, -0.05) is 12.1 Å². The third-order valence-electron chi connectivity index (χ3n) is 4.68. The van der Waals surface area contributed by atoms with Crippen LogP contribution in [0.2, 0.25) is 0 Å². The normalized spacial score (nSPS) is 20.3. The second-order valence-electron chi connectivity index (χ2n) is 6.56. The molecule has 1 saturated carbocycles.